The largest absolute Gasteiger partial charge is 0.394 e. The van der Waals surface area contributed by atoms with Gasteiger partial charge in [0, 0.05) is 0 Å². The fourth-order valence-corrected chi connectivity index (χ4v) is 1.28. The van der Waals surface area contributed by atoms with Crippen LogP contribution in [0.1, 0.15) is 26.2 Å². The van der Waals surface area contributed by atoms with Gasteiger partial charge in [-0.2, -0.15) is 8.42 Å². The van der Waals surface area contributed by atoms with E-state index in [1.54, 1.807) is 0.515 Å². The van der Waals surface area contributed by atoms with Gasteiger partial charge in [-0.1, -0.05) is 0 Å². The van der Waals surface area contributed by atoms with Crippen LogP contribution in [0.15, 0.2) is 0 Å². The summed E-state index contributed by atoms with van der Waals surface area (Å²) < 4.78 is 33.1. The molecule has 0 spiro atoms. The summed E-state index contributed by atoms with van der Waals surface area (Å²) in [5.74, 6) is 0. The van der Waals surface area contributed by atoms with Gasteiger partial charge in [0.1, 0.15) is 0 Å². The molecule has 64 valence electrons. The molecule has 0 aliphatic heterocycles. The minimum Gasteiger partial charge on any atom is -0.264 e. The van der Waals surface area contributed by atoms with Crippen LogP contribution < -0.4 is 0 Å². The molecule has 6 heteroatoms. The normalized spacial score (nSPS) is 10.3. The summed E-state index contributed by atoms with van der Waals surface area (Å²) in [6.07, 6.45) is 4.34. The zero-order valence-corrected chi connectivity index (χ0v) is 10.9. The van der Waals surface area contributed by atoms with Crippen molar-refractivity contribution in [2.24, 2.45) is 0 Å². The maximum atomic E-state index is 8.74. The third kappa shape index (κ3) is 51.2. The van der Waals surface area contributed by atoms with Crippen molar-refractivity contribution in [2.75, 3.05) is 0 Å². The second-order valence-corrected chi connectivity index (χ2v) is 4.61. The van der Waals surface area contributed by atoms with Gasteiger partial charge < -0.3 is 0 Å². The Morgan fingerprint density at radius 3 is 1.73 bits per heavy atom. The summed E-state index contributed by atoms with van der Waals surface area (Å²) in [5.41, 5.74) is 0. The Labute approximate surface area is 102 Å². The summed E-state index contributed by atoms with van der Waals surface area (Å²) in [7, 11) is -4.67. The quantitative estimate of drug-likeness (QED) is 0.414. The standard InChI is InChI=1S/C5H11.K.H2O4S/c1-3-5-4-2;;1-5(2,3)4/h1,3-5H2,2H3;;(H2,1,2,3,4). The first-order chi connectivity index (χ1) is 4.91. The van der Waals surface area contributed by atoms with Gasteiger partial charge in [0.05, 0.1) is 0 Å². The minimum absolute atomic E-state index is 1.11. The Balaban J connectivity index is 0. The van der Waals surface area contributed by atoms with E-state index in [1.165, 1.54) is 19.3 Å². The average molecular weight is 208 g/mol. The fourth-order valence-electron chi connectivity index (χ4n) is 0.500. The molecule has 0 heterocycles. The average Bonchev–Trinajstić information content (AvgIpc) is 1.79. The molecule has 0 unspecified atom stereocenters. The van der Waals surface area contributed by atoms with Crippen molar-refractivity contribution >= 4 is 59.4 Å². The molecule has 0 aliphatic rings. The van der Waals surface area contributed by atoms with E-state index >= 15 is 0 Å². The van der Waals surface area contributed by atoms with Crippen LogP contribution in [-0.4, -0.2) is 66.5 Å². The summed E-state index contributed by atoms with van der Waals surface area (Å²) in [6, 6.07) is 0. The SMILES string of the molecule is CCCC[CH2][K].O=S(=O)(O)O. The maximum Gasteiger partial charge on any atom is 0.394 e. The third-order valence-corrected chi connectivity index (χ3v) is 2.06. The molecule has 11 heavy (non-hydrogen) atoms. The van der Waals surface area contributed by atoms with Crippen LogP contribution in [0.3, 0.4) is 0 Å². The Morgan fingerprint density at radius 1 is 1.27 bits per heavy atom. The van der Waals surface area contributed by atoms with Crippen molar-refractivity contribution in [3.05, 3.63) is 0 Å². The van der Waals surface area contributed by atoms with Crippen molar-refractivity contribution < 1.29 is 17.5 Å². The Kier molecular flexibility index (Phi) is 13.1. The van der Waals surface area contributed by atoms with Gasteiger partial charge in [0.25, 0.3) is 0 Å². The third-order valence-electron chi connectivity index (χ3n) is 0.957. The van der Waals surface area contributed by atoms with E-state index in [9.17, 15) is 0 Å². The zero-order chi connectivity index (χ0) is 9.33. The van der Waals surface area contributed by atoms with Crippen LogP contribution in [-0.2, 0) is 10.4 Å². The molecular weight excluding hydrogens is 195 g/mol. The molecule has 2 N–H and O–H groups in total. The molecule has 0 aromatic carbocycles. The summed E-state index contributed by atoms with van der Waals surface area (Å²) in [6.45, 7) is 2.25. The molecule has 0 aromatic rings. The molecular formula is C5H13KO4S. The van der Waals surface area contributed by atoms with Crippen LogP contribution in [0.25, 0.3) is 0 Å². The summed E-state index contributed by atoms with van der Waals surface area (Å²) in [5, 5.41) is 0. The number of hydrogen-bond acceptors (Lipinski definition) is 2. The first kappa shape index (κ1) is 15.0. The number of rotatable bonds is 3. The summed E-state index contributed by atoms with van der Waals surface area (Å²) >= 11 is 1.11. The summed E-state index contributed by atoms with van der Waals surface area (Å²) in [4.78, 5) is 0. The van der Waals surface area contributed by atoms with Crippen molar-refractivity contribution in [1.29, 1.82) is 0 Å². The van der Waals surface area contributed by atoms with Gasteiger partial charge in [-0.3, -0.25) is 9.11 Å². The molecule has 0 saturated heterocycles. The van der Waals surface area contributed by atoms with Crippen molar-refractivity contribution in [1.82, 2.24) is 0 Å². The molecule has 0 amide bonds. The fraction of sp³-hybridized carbons (Fsp3) is 1.00. The van der Waals surface area contributed by atoms with Gasteiger partial charge >= 0.3 is 86.1 Å². The van der Waals surface area contributed by atoms with E-state index in [4.69, 9.17) is 17.5 Å². The Morgan fingerprint density at radius 2 is 1.64 bits per heavy atom. The van der Waals surface area contributed by atoms with E-state index < -0.39 is 10.4 Å². The molecule has 0 saturated carbocycles. The van der Waals surface area contributed by atoms with Gasteiger partial charge in [-0.05, 0) is 0 Å². The molecule has 0 atom stereocenters. The van der Waals surface area contributed by atoms with E-state index in [0.717, 1.165) is 49.0 Å². The van der Waals surface area contributed by atoms with Gasteiger partial charge in [-0.15, -0.1) is 0 Å². The van der Waals surface area contributed by atoms with E-state index in [-0.39, 0.29) is 0 Å². The molecule has 0 bridgehead atoms. The zero-order valence-electron chi connectivity index (χ0n) is 6.95. The van der Waals surface area contributed by atoms with Crippen molar-refractivity contribution in [3.8, 4) is 0 Å². The minimum atomic E-state index is -4.67. The van der Waals surface area contributed by atoms with E-state index in [0.29, 0.717) is 0 Å². The van der Waals surface area contributed by atoms with Crippen molar-refractivity contribution in [2.45, 2.75) is 26.7 Å². The molecule has 4 nitrogen and oxygen atoms in total. The van der Waals surface area contributed by atoms with E-state index in [1.807, 2.05) is 0 Å². The topological polar surface area (TPSA) is 74.6 Å². The second kappa shape index (κ2) is 9.59. The van der Waals surface area contributed by atoms with Gasteiger partial charge in [0.2, 0.25) is 0 Å². The van der Waals surface area contributed by atoms with Crippen LogP contribution in [0.2, 0.25) is 0.515 Å². The molecule has 0 aliphatic carbocycles. The maximum absolute atomic E-state index is 8.74. The van der Waals surface area contributed by atoms with Gasteiger partial charge in [-0.25, -0.2) is 0 Å². The predicted molar refractivity (Wildman–Crippen MR) is 44.3 cm³/mol. The molecule has 0 aromatic heterocycles. The van der Waals surface area contributed by atoms with Crippen LogP contribution >= 0.6 is 0 Å². The predicted octanol–water partition coefficient (Wildman–Crippen LogP) is 1.11. The van der Waals surface area contributed by atoms with Gasteiger partial charge in [0.15, 0.2) is 0 Å². The first-order valence-corrected chi connectivity index (χ1v) is 7.22. The number of hydrogen-bond donors (Lipinski definition) is 2. The molecule has 0 radical (unpaired) electrons. The van der Waals surface area contributed by atoms with Crippen molar-refractivity contribution in [3.63, 3.8) is 0 Å². The van der Waals surface area contributed by atoms with E-state index in [2.05, 4.69) is 6.92 Å². The monoisotopic (exact) mass is 208 g/mol. The smallest absolute Gasteiger partial charge is 0.264 e. The number of unbranched alkanes of at least 4 members (excludes halogenated alkanes) is 2. The van der Waals surface area contributed by atoms with Crippen LogP contribution in [0.4, 0.5) is 0 Å². The van der Waals surface area contributed by atoms with Crippen LogP contribution in [0.5, 0.6) is 0 Å². The Hall–Kier alpha value is 1.51. The van der Waals surface area contributed by atoms with Crippen LogP contribution in [0, 0.1) is 0 Å². The first-order valence-electron chi connectivity index (χ1n) is 3.61. The Bertz CT molecular complexity index is 142. The molecule has 0 rings (SSSR count). The second-order valence-electron chi connectivity index (χ2n) is 2.15. The molecule has 0 fully saturated rings.